The third-order valence-electron chi connectivity index (χ3n) is 22.2. The molecule has 122 heavy (non-hydrogen) atoms. The fourth-order valence-electron chi connectivity index (χ4n) is 15.5. The summed E-state index contributed by atoms with van der Waals surface area (Å²) in [6.45, 7) is 21.6. The van der Waals surface area contributed by atoms with Crippen LogP contribution in [0.15, 0.2) is 72.8 Å². The largest absolute Gasteiger partial charge is 0.508 e. The van der Waals surface area contributed by atoms with Crippen LogP contribution < -0.4 is 81.0 Å². The minimum absolute atomic E-state index is 0.0159. The predicted octanol–water partition coefficient (Wildman–Crippen LogP) is 2.77. The van der Waals surface area contributed by atoms with Gasteiger partial charge in [-0.25, -0.2) is 4.79 Å². The number of phenolic OH excluding ortho intramolecular Hbond substituents is 3. The van der Waals surface area contributed by atoms with E-state index in [0.29, 0.717) is 68.1 Å². The lowest BCUT2D eigenvalue weighted by molar-refractivity contribution is -0.143. The van der Waals surface area contributed by atoms with Crippen molar-refractivity contribution in [1.29, 1.82) is 0 Å². The van der Waals surface area contributed by atoms with Crippen LogP contribution in [0.3, 0.4) is 0 Å². The molecule has 3 heterocycles. The van der Waals surface area contributed by atoms with E-state index in [4.69, 9.17) is 17.2 Å². The quantitative estimate of drug-likeness (QED) is 0.0488. The Morgan fingerprint density at radius 3 is 1.07 bits per heavy atom. The average molecular weight is 1710 g/mol. The van der Waals surface area contributed by atoms with Crippen molar-refractivity contribution >= 4 is 82.7 Å². The molecule has 3 fully saturated rings. The first-order chi connectivity index (χ1) is 57.8. The second-order valence-corrected chi connectivity index (χ2v) is 35.0. The Kier molecular flexibility index (Phi) is 40.8. The number of Topliss-reactive ketones (excluding diaryl/α,β-unsaturated/α-hetero) is 1. The molecule has 3 aliphatic rings. The van der Waals surface area contributed by atoms with Crippen LogP contribution in [0, 0.1) is 35.5 Å². The van der Waals surface area contributed by atoms with Crippen molar-refractivity contribution < 1.29 is 82.4 Å². The molecule has 3 saturated heterocycles. The SMILES string of the molecule is CC(C)C[C@@H]1NC(=O)[C@H](CCCCN)NC(=O)[C@H](C(C)C)NC(=O)[C@H](CCCCN)NC(=O)[C@H](CC(C)C)NC(=O)[C@@H]2CCCN2C(=O)[C@@H](Cc2cccc(O)c2)NC(=O)[C@H](C(C)C)NC(=O)[C@H](Cc2ccc(O)cc2)NC(=O)N[C@@H](CC(C)C)C(=O)[C@H](CCCCN)NC(=O)[C@H](C(C)C)NC(=O)[C@@H]2CCCN2C(=O)[C@H](Cc2ccc(O)cc2)NC1=O. The van der Waals surface area contributed by atoms with E-state index in [9.17, 15) is 53.7 Å². The Bertz CT molecular complexity index is 3990. The molecule has 0 aromatic heterocycles. The maximum absolute atomic E-state index is 15.4. The Hall–Kier alpha value is -10.5. The van der Waals surface area contributed by atoms with Gasteiger partial charge in [0.1, 0.15) is 89.8 Å². The van der Waals surface area contributed by atoms with E-state index in [-0.39, 0.29) is 138 Å². The summed E-state index contributed by atoms with van der Waals surface area (Å²) in [6.07, 6.45) is 2.61. The van der Waals surface area contributed by atoms with Crippen LogP contribution in [0.25, 0.3) is 0 Å². The van der Waals surface area contributed by atoms with E-state index >= 15 is 28.8 Å². The summed E-state index contributed by atoms with van der Waals surface area (Å²) in [4.78, 5) is 213. The second-order valence-electron chi connectivity index (χ2n) is 35.0. The summed E-state index contributed by atoms with van der Waals surface area (Å²) in [7, 11) is 0. The van der Waals surface area contributed by atoms with E-state index < -0.39 is 185 Å². The van der Waals surface area contributed by atoms with Gasteiger partial charge in [0.05, 0.1) is 12.1 Å². The number of phenols is 3. The van der Waals surface area contributed by atoms with Gasteiger partial charge in [0.2, 0.25) is 70.9 Å². The van der Waals surface area contributed by atoms with Gasteiger partial charge in [-0.05, 0) is 211 Å². The molecule has 14 atom stereocenters. The molecule has 0 saturated carbocycles. The summed E-state index contributed by atoms with van der Waals surface area (Å²) in [5.41, 5.74) is 19.2. The van der Waals surface area contributed by atoms with Crippen LogP contribution in [0.5, 0.6) is 17.2 Å². The summed E-state index contributed by atoms with van der Waals surface area (Å²) in [5.74, 6) is -13.1. The van der Waals surface area contributed by atoms with Gasteiger partial charge in [-0.2, -0.15) is 0 Å². The molecule has 0 unspecified atom stereocenters. The monoisotopic (exact) mass is 1700 g/mol. The number of carbonyl (C=O) groups is 14. The molecule has 14 amide bonds. The highest BCUT2D eigenvalue weighted by Gasteiger charge is 2.45. The van der Waals surface area contributed by atoms with E-state index in [1.165, 1.54) is 58.3 Å². The average Bonchev–Trinajstić information content (AvgIpc) is 1.64. The van der Waals surface area contributed by atoms with Crippen LogP contribution in [-0.4, -0.2) is 225 Å². The third-order valence-corrected chi connectivity index (χ3v) is 22.2. The van der Waals surface area contributed by atoms with Crippen LogP contribution >= 0.6 is 0 Å². The van der Waals surface area contributed by atoms with Crippen LogP contribution in [0.4, 0.5) is 4.79 Å². The number of hydrogen-bond acceptors (Lipinski definition) is 20. The molecular formula is C88H137N17O17. The third kappa shape index (κ3) is 31.4. The molecule has 3 aromatic rings. The Morgan fingerprint density at radius 1 is 0.328 bits per heavy atom. The Labute approximate surface area is 717 Å². The molecule has 0 spiro atoms. The summed E-state index contributed by atoms with van der Waals surface area (Å²) in [6, 6.07) is -2.21. The summed E-state index contributed by atoms with van der Waals surface area (Å²) in [5, 5.41) is 65.1. The molecule has 0 aliphatic carbocycles. The van der Waals surface area contributed by atoms with Gasteiger partial charge in [0.15, 0.2) is 5.78 Å². The number of amides is 14. The number of aromatic hydroxyl groups is 3. The highest BCUT2D eigenvalue weighted by atomic mass is 16.3. The lowest BCUT2D eigenvalue weighted by Crippen LogP contribution is -2.62. The molecule has 21 N–H and O–H groups in total. The fraction of sp³-hybridized carbons (Fsp3) is 0.636. The Balaban J connectivity index is 1.46. The van der Waals surface area contributed by atoms with E-state index in [1.54, 1.807) is 65.8 Å². The first-order valence-corrected chi connectivity index (χ1v) is 43.5. The first-order valence-electron chi connectivity index (χ1n) is 43.5. The van der Waals surface area contributed by atoms with Crippen LogP contribution in [0.1, 0.15) is 203 Å². The second kappa shape index (κ2) is 49.6. The summed E-state index contributed by atoms with van der Waals surface area (Å²) < 4.78 is 0. The van der Waals surface area contributed by atoms with Crippen molar-refractivity contribution in [2.75, 3.05) is 32.7 Å². The van der Waals surface area contributed by atoms with Crippen molar-refractivity contribution in [1.82, 2.24) is 73.6 Å². The topological polar surface area (TPSA) is 529 Å². The molecule has 3 aliphatic heterocycles. The van der Waals surface area contributed by atoms with Crippen LogP contribution in [-0.2, 0) is 81.6 Å². The van der Waals surface area contributed by atoms with Gasteiger partial charge in [-0.1, -0.05) is 119 Å². The molecule has 0 bridgehead atoms. The highest BCUT2D eigenvalue weighted by Crippen LogP contribution is 2.26. The maximum atomic E-state index is 15.4. The number of rotatable bonds is 27. The molecule has 0 radical (unpaired) electrons. The fourth-order valence-corrected chi connectivity index (χ4v) is 15.5. The molecule has 6 rings (SSSR count). The number of ketones is 1. The Morgan fingerprint density at radius 2 is 0.648 bits per heavy atom. The van der Waals surface area contributed by atoms with Crippen molar-refractivity contribution in [3.63, 3.8) is 0 Å². The molecule has 3 aromatic carbocycles. The smallest absolute Gasteiger partial charge is 0.316 e. The molecule has 34 nitrogen and oxygen atoms in total. The number of urea groups is 1. The highest BCUT2D eigenvalue weighted by molar-refractivity contribution is 6.02. The lowest BCUT2D eigenvalue weighted by Gasteiger charge is -2.32. The van der Waals surface area contributed by atoms with Gasteiger partial charge in [0, 0.05) is 32.4 Å². The molecule has 676 valence electrons. The lowest BCUT2D eigenvalue weighted by atomic mass is 9.92. The zero-order chi connectivity index (χ0) is 90.2. The van der Waals surface area contributed by atoms with Gasteiger partial charge in [-0.3, -0.25) is 62.3 Å². The van der Waals surface area contributed by atoms with Crippen LogP contribution in [0.2, 0.25) is 0 Å². The maximum Gasteiger partial charge on any atom is 0.316 e. The standard InChI is InChI=1S/C88H137N17O17/c1-49(2)42-64-75(109)61(24-13-16-37-89)92-83(117)74(54(11)12)103-82(116)71-28-21-41-105(71)86(120)68(47-56-31-35-59(107)36-32-56)97-79(113)65(43-50(3)4)95-76(110)62(25-14-17-38-90)94-84(118)72(52(7)8)101-77(111)63(26-15-18-39-91)93-78(112)66(44-51(5)6)96-81(115)70-27-20-40-104(70)87(121)69(48-57-22-19-23-60(108)45-57)98-85(119)73(53(9)10)102-80(114)67(100-88(122)99-64)46-55-29-33-58(106)34-30-55/h19,22-23,29-36,45,49-54,61-74,106-108H,13-18,20-21,24-28,37-44,46-48,89-91H2,1-12H3,(H,92,117)(H,93,112)(H,94,118)(H,95,110)(H,96,115)(H,97,113)(H,98,119)(H,101,111)(H,102,114)(H,103,116)(H2,99,100,122)/t61-,62-,63-,64-,65-,66-,67-,68-,69+,70-,71-,72-,73-,74-/m0/s1. The normalized spacial score (nSPS) is 25.3. The number of nitrogens with one attached hydrogen (secondary N) is 12. The van der Waals surface area contributed by atoms with Crippen molar-refractivity contribution in [2.45, 2.75) is 290 Å². The molecule has 34 heteroatoms. The van der Waals surface area contributed by atoms with Crippen molar-refractivity contribution in [2.24, 2.45) is 52.7 Å². The summed E-state index contributed by atoms with van der Waals surface area (Å²) >= 11 is 0. The van der Waals surface area contributed by atoms with E-state index in [0.717, 1.165) is 0 Å². The number of fused-ring (bicyclic) bond motifs is 2. The number of unbranched alkanes of at least 4 members (excludes halogenated alkanes) is 3. The van der Waals surface area contributed by atoms with Gasteiger partial charge >= 0.3 is 6.03 Å². The first kappa shape index (κ1) is 100. The zero-order valence-electron chi connectivity index (χ0n) is 73.1. The van der Waals surface area contributed by atoms with Crippen molar-refractivity contribution in [3.8, 4) is 17.2 Å². The van der Waals surface area contributed by atoms with E-state index in [2.05, 4.69) is 63.8 Å². The number of carbonyl (C=O) groups excluding carboxylic acids is 14. The van der Waals surface area contributed by atoms with Gasteiger partial charge in [0.25, 0.3) is 0 Å². The van der Waals surface area contributed by atoms with Gasteiger partial charge in [-0.15, -0.1) is 0 Å². The number of nitrogens with two attached hydrogens (primary N) is 3. The van der Waals surface area contributed by atoms with Gasteiger partial charge < -0.3 is 106 Å². The number of nitrogens with zero attached hydrogens (tertiary/aromatic N) is 2. The molecular weight excluding hydrogens is 1570 g/mol. The van der Waals surface area contributed by atoms with E-state index in [1.807, 2.05) is 41.5 Å². The zero-order valence-corrected chi connectivity index (χ0v) is 73.1. The van der Waals surface area contributed by atoms with Crippen molar-refractivity contribution in [3.05, 3.63) is 89.5 Å². The number of benzene rings is 3. The number of hydrogen-bond donors (Lipinski definition) is 18. The minimum Gasteiger partial charge on any atom is -0.508 e. The minimum atomic E-state index is -1.52. The predicted molar refractivity (Wildman–Crippen MR) is 460 cm³/mol.